The highest BCUT2D eigenvalue weighted by molar-refractivity contribution is 6.05. The molecule has 0 fully saturated rings. The van der Waals surface area contributed by atoms with E-state index in [0.717, 1.165) is 5.56 Å². The molecule has 2 aromatic heterocycles. The SMILES string of the molecule is CCn1nc(-c2ccc(C(=O)O)c(C)c2)c(C(C)=O)c(Nc2cnccc2C)c1=O. The van der Waals surface area contributed by atoms with Crippen LogP contribution in [-0.2, 0) is 6.54 Å². The van der Waals surface area contributed by atoms with E-state index in [2.05, 4.69) is 15.4 Å². The molecule has 2 N–H and O–H groups in total. The Morgan fingerprint density at radius 1 is 1.17 bits per heavy atom. The van der Waals surface area contributed by atoms with E-state index in [4.69, 9.17) is 0 Å². The number of ketones is 1. The number of carboxylic acids is 1. The molecule has 30 heavy (non-hydrogen) atoms. The van der Waals surface area contributed by atoms with Gasteiger partial charge in [-0.25, -0.2) is 9.48 Å². The lowest BCUT2D eigenvalue weighted by Crippen LogP contribution is -2.28. The zero-order valence-electron chi connectivity index (χ0n) is 17.2. The number of carboxylic acid groups (broad SMARTS) is 1. The van der Waals surface area contributed by atoms with Crippen molar-refractivity contribution in [2.24, 2.45) is 0 Å². The molecule has 0 aliphatic heterocycles. The molecule has 0 bridgehead atoms. The summed E-state index contributed by atoms with van der Waals surface area (Å²) >= 11 is 0. The van der Waals surface area contributed by atoms with Crippen molar-refractivity contribution >= 4 is 23.1 Å². The molecular weight excluding hydrogens is 384 g/mol. The first-order chi connectivity index (χ1) is 14.2. The Hall–Kier alpha value is -3.81. The lowest BCUT2D eigenvalue weighted by molar-refractivity contribution is 0.0696. The van der Waals surface area contributed by atoms with Crippen LogP contribution >= 0.6 is 0 Å². The van der Waals surface area contributed by atoms with Gasteiger partial charge in [0.1, 0.15) is 11.4 Å². The second-order valence-corrected chi connectivity index (χ2v) is 6.93. The second-order valence-electron chi connectivity index (χ2n) is 6.93. The summed E-state index contributed by atoms with van der Waals surface area (Å²) in [6.45, 7) is 7.00. The van der Waals surface area contributed by atoms with Crippen LogP contribution in [0.15, 0.2) is 41.5 Å². The zero-order valence-corrected chi connectivity index (χ0v) is 17.2. The standard InChI is InChI=1S/C22H22N4O4/c1-5-26-21(28)20(24-17-11-23-9-8-12(17)2)18(14(4)27)19(25-26)15-6-7-16(22(29)30)13(3)10-15/h6-11,24H,5H2,1-4H3,(H,29,30). The summed E-state index contributed by atoms with van der Waals surface area (Å²) in [6, 6.07) is 6.51. The minimum atomic E-state index is -1.04. The van der Waals surface area contributed by atoms with Crippen LogP contribution in [0.3, 0.4) is 0 Å². The molecule has 0 aliphatic carbocycles. The molecule has 2 heterocycles. The lowest BCUT2D eigenvalue weighted by atomic mass is 9.98. The molecule has 0 atom stereocenters. The number of nitrogens with zero attached hydrogens (tertiary/aromatic N) is 3. The molecule has 0 aliphatic rings. The number of hydrogen-bond acceptors (Lipinski definition) is 6. The summed E-state index contributed by atoms with van der Waals surface area (Å²) in [4.78, 5) is 41.1. The van der Waals surface area contributed by atoms with Gasteiger partial charge in [0.05, 0.1) is 23.0 Å². The molecule has 0 saturated carbocycles. The van der Waals surface area contributed by atoms with Crippen molar-refractivity contribution in [2.45, 2.75) is 34.2 Å². The second kappa shape index (κ2) is 8.28. The van der Waals surface area contributed by atoms with Gasteiger partial charge in [0, 0.05) is 18.3 Å². The third-order valence-corrected chi connectivity index (χ3v) is 4.84. The molecule has 0 unspecified atom stereocenters. The van der Waals surface area contributed by atoms with Gasteiger partial charge in [-0.3, -0.25) is 14.6 Å². The van der Waals surface area contributed by atoms with Crippen molar-refractivity contribution in [2.75, 3.05) is 5.32 Å². The van der Waals surface area contributed by atoms with E-state index >= 15 is 0 Å². The number of hydrogen-bond donors (Lipinski definition) is 2. The van der Waals surface area contributed by atoms with Gasteiger partial charge in [-0.15, -0.1) is 0 Å². The minimum Gasteiger partial charge on any atom is -0.478 e. The first-order valence-corrected chi connectivity index (χ1v) is 9.42. The molecule has 0 saturated heterocycles. The van der Waals surface area contributed by atoms with E-state index in [9.17, 15) is 19.5 Å². The highest BCUT2D eigenvalue weighted by Gasteiger charge is 2.23. The van der Waals surface area contributed by atoms with Crippen molar-refractivity contribution in [3.63, 3.8) is 0 Å². The predicted molar refractivity (Wildman–Crippen MR) is 114 cm³/mol. The van der Waals surface area contributed by atoms with Crippen molar-refractivity contribution in [1.82, 2.24) is 14.8 Å². The van der Waals surface area contributed by atoms with Crippen LogP contribution in [0.5, 0.6) is 0 Å². The highest BCUT2D eigenvalue weighted by atomic mass is 16.4. The summed E-state index contributed by atoms with van der Waals surface area (Å²) in [5.41, 5.74) is 2.87. The number of aryl methyl sites for hydroxylation is 3. The van der Waals surface area contributed by atoms with Gasteiger partial charge in [-0.05, 0) is 57.0 Å². The number of nitrogens with one attached hydrogen (secondary N) is 1. The molecule has 154 valence electrons. The largest absolute Gasteiger partial charge is 0.478 e. The maximum absolute atomic E-state index is 13.0. The van der Waals surface area contributed by atoms with Crippen LogP contribution in [0.1, 0.15) is 45.7 Å². The lowest BCUT2D eigenvalue weighted by Gasteiger charge is -2.17. The Balaban J connectivity index is 2.30. The maximum Gasteiger partial charge on any atom is 0.335 e. The number of pyridine rings is 1. The van der Waals surface area contributed by atoms with Crippen LogP contribution < -0.4 is 10.9 Å². The number of anilines is 2. The number of Topliss-reactive ketones (excluding diaryl/α,β-unsaturated/α-hetero) is 1. The van der Waals surface area contributed by atoms with Gasteiger partial charge < -0.3 is 10.4 Å². The Kier molecular flexibility index (Phi) is 5.77. The fraction of sp³-hybridized carbons (Fsp3) is 0.227. The molecular formula is C22H22N4O4. The van der Waals surface area contributed by atoms with Crippen LogP contribution in [-0.4, -0.2) is 31.6 Å². The molecule has 0 spiro atoms. The first kappa shape index (κ1) is 20.9. The van der Waals surface area contributed by atoms with Gasteiger partial charge >= 0.3 is 5.97 Å². The molecule has 1 aromatic carbocycles. The van der Waals surface area contributed by atoms with Gasteiger partial charge in [0.2, 0.25) is 0 Å². The van der Waals surface area contributed by atoms with Crippen molar-refractivity contribution in [3.8, 4) is 11.3 Å². The highest BCUT2D eigenvalue weighted by Crippen LogP contribution is 2.29. The summed E-state index contributed by atoms with van der Waals surface area (Å²) in [7, 11) is 0. The zero-order chi connectivity index (χ0) is 22.0. The normalized spacial score (nSPS) is 10.7. The first-order valence-electron chi connectivity index (χ1n) is 9.42. The Morgan fingerprint density at radius 3 is 2.47 bits per heavy atom. The van der Waals surface area contributed by atoms with E-state index in [0.29, 0.717) is 29.1 Å². The molecule has 0 radical (unpaired) electrons. The summed E-state index contributed by atoms with van der Waals surface area (Å²) in [6.07, 6.45) is 3.22. The summed E-state index contributed by atoms with van der Waals surface area (Å²) in [5.74, 6) is -1.37. The average Bonchev–Trinajstić information content (AvgIpc) is 2.70. The van der Waals surface area contributed by atoms with E-state index < -0.39 is 11.5 Å². The monoisotopic (exact) mass is 406 g/mol. The average molecular weight is 406 g/mol. The van der Waals surface area contributed by atoms with Crippen LogP contribution in [0.25, 0.3) is 11.3 Å². The summed E-state index contributed by atoms with van der Waals surface area (Å²) < 4.78 is 1.27. The maximum atomic E-state index is 13.0. The van der Waals surface area contributed by atoms with E-state index in [1.807, 2.05) is 6.92 Å². The van der Waals surface area contributed by atoms with Crippen molar-refractivity contribution in [3.05, 3.63) is 69.3 Å². The molecule has 3 aromatic rings. The number of benzene rings is 1. The third-order valence-electron chi connectivity index (χ3n) is 4.84. The quantitative estimate of drug-likeness (QED) is 0.601. The third kappa shape index (κ3) is 3.84. The van der Waals surface area contributed by atoms with Crippen LogP contribution in [0.2, 0.25) is 0 Å². The van der Waals surface area contributed by atoms with Gasteiger partial charge in [0.25, 0.3) is 5.56 Å². The Bertz CT molecular complexity index is 1210. The molecule has 8 nitrogen and oxygen atoms in total. The van der Waals surface area contributed by atoms with Crippen LogP contribution in [0, 0.1) is 13.8 Å². The van der Waals surface area contributed by atoms with E-state index in [-0.39, 0.29) is 22.6 Å². The number of aromatic nitrogens is 3. The van der Waals surface area contributed by atoms with Crippen molar-refractivity contribution < 1.29 is 14.7 Å². The number of carbonyl (C=O) groups is 2. The number of carbonyl (C=O) groups excluding carboxylic acids is 1. The fourth-order valence-electron chi connectivity index (χ4n) is 3.23. The minimum absolute atomic E-state index is 0.116. The van der Waals surface area contributed by atoms with Gasteiger partial charge in [-0.2, -0.15) is 5.10 Å². The van der Waals surface area contributed by atoms with Crippen LogP contribution in [0.4, 0.5) is 11.4 Å². The Morgan fingerprint density at radius 2 is 1.90 bits per heavy atom. The molecule has 0 amide bonds. The van der Waals surface area contributed by atoms with Gasteiger partial charge in [0.15, 0.2) is 5.78 Å². The van der Waals surface area contributed by atoms with Gasteiger partial charge in [-0.1, -0.05) is 6.07 Å². The van der Waals surface area contributed by atoms with E-state index in [1.165, 1.54) is 17.7 Å². The molecule has 3 rings (SSSR count). The topological polar surface area (TPSA) is 114 Å². The van der Waals surface area contributed by atoms with E-state index in [1.54, 1.807) is 44.4 Å². The molecule has 8 heteroatoms. The fourth-order valence-corrected chi connectivity index (χ4v) is 3.23. The number of aromatic carboxylic acids is 1. The number of rotatable bonds is 6. The Labute approximate surface area is 173 Å². The summed E-state index contributed by atoms with van der Waals surface area (Å²) in [5, 5.41) is 16.8. The van der Waals surface area contributed by atoms with Crippen molar-refractivity contribution in [1.29, 1.82) is 0 Å². The smallest absolute Gasteiger partial charge is 0.335 e. The predicted octanol–water partition coefficient (Wildman–Crippen LogP) is 3.59.